The lowest BCUT2D eigenvalue weighted by atomic mass is 10.2. The van der Waals surface area contributed by atoms with Crippen molar-refractivity contribution in [1.29, 1.82) is 0 Å². The van der Waals surface area contributed by atoms with Gasteiger partial charge in [0.2, 0.25) is 0 Å². The zero-order valence-corrected chi connectivity index (χ0v) is 12.1. The van der Waals surface area contributed by atoms with E-state index in [0.717, 1.165) is 25.9 Å². The van der Waals surface area contributed by atoms with Crippen LogP contribution in [0.25, 0.3) is 0 Å². The molecule has 0 aromatic carbocycles. The molecule has 1 atom stereocenters. The fourth-order valence-corrected chi connectivity index (χ4v) is 2.15. The van der Waals surface area contributed by atoms with Gasteiger partial charge in [0.15, 0.2) is 0 Å². The predicted molar refractivity (Wildman–Crippen MR) is 76.0 cm³/mol. The molecule has 0 aliphatic carbocycles. The number of rotatable bonds is 7. The third-order valence-electron chi connectivity index (χ3n) is 3.03. The standard InChI is InChI=1S/C14H19ClN2O3/c15-11-4-6-16-13(9-11)14(18)17-5-2-7-19-10-12-3-1-8-20-12/h4,6,9,12H,1-3,5,7-8,10H2,(H,17,18). The Hall–Kier alpha value is -1.17. The maximum absolute atomic E-state index is 11.7. The number of aromatic nitrogens is 1. The van der Waals surface area contributed by atoms with Crippen LogP contribution in [0.4, 0.5) is 0 Å². The van der Waals surface area contributed by atoms with Gasteiger partial charge in [0, 0.05) is 31.0 Å². The summed E-state index contributed by atoms with van der Waals surface area (Å²) in [5, 5.41) is 3.29. The summed E-state index contributed by atoms with van der Waals surface area (Å²) in [6.45, 7) is 2.65. The fourth-order valence-electron chi connectivity index (χ4n) is 1.99. The van der Waals surface area contributed by atoms with E-state index in [9.17, 15) is 4.79 Å². The first-order valence-electron chi connectivity index (χ1n) is 6.85. The number of amides is 1. The quantitative estimate of drug-likeness (QED) is 0.783. The van der Waals surface area contributed by atoms with Crippen molar-refractivity contribution in [3.63, 3.8) is 0 Å². The van der Waals surface area contributed by atoms with E-state index in [2.05, 4.69) is 10.3 Å². The minimum absolute atomic E-state index is 0.216. The molecule has 0 radical (unpaired) electrons. The fraction of sp³-hybridized carbons (Fsp3) is 0.571. The number of halogens is 1. The van der Waals surface area contributed by atoms with Gasteiger partial charge in [-0.25, -0.2) is 0 Å². The first-order valence-corrected chi connectivity index (χ1v) is 7.22. The second kappa shape index (κ2) is 8.19. The van der Waals surface area contributed by atoms with E-state index in [1.54, 1.807) is 12.1 Å². The topological polar surface area (TPSA) is 60.5 Å². The molecule has 0 saturated carbocycles. The summed E-state index contributed by atoms with van der Waals surface area (Å²) in [6.07, 6.45) is 4.73. The van der Waals surface area contributed by atoms with Crippen LogP contribution >= 0.6 is 11.6 Å². The van der Waals surface area contributed by atoms with E-state index >= 15 is 0 Å². The van der Waals surface area contributed by atoms with E-state index in [1.165, 1.54) is 6.20 Å². The van der Waals surface area contributed by atoms with Gasteiger partial charge in [-0.3, -0.25) is 9.78 Å². The maximum atomic E-state index is 11.7. The molecule has 20 heavy (non-hydrogen) atoms. The Kier molecular flexibility index (Phi) is 6.24. The highest BCUT2D eigenvalue weighted by molar-refractivity contribution is 6.30. The van der Waals surface area contributed by atoms with Crippen LogP contribution in [0.3, 0.4) is 0 Å². The van der Waals surface area contributed by atoms with Gasteiger partial charge in [0.1, 0.15) is 5.69 Å². The lowest BCUT2D eigenvalue weighted by Gasteiger charge is -2.10. The van der Waals surface area contributed by atoms with E-state index in [1.807, 2.05) is 0 Å². The van der Waals surface area contributed by atoms with Crippen molar-refractivity contribution in [1.82, 2.24) is 10.3 Å². The van der Waals surface area contributed by atoms with Crippen molar-refractivity contribution in [2.45, 2.75) is 25.4 Å². The molecular weight excluding hydrogens is 280 g/mol. The average molecular weight is 299 g/mol. The van der Waals surface area contributed by atoms with Crippen molar-refractivity contribution in [2.24, 2.45) is 0 Å². The van der Waals surface area contributed by atoms with Gasteiger partial charge in [0.05, 0.1) is 12.7 Å². The third-order valence-corrected chi connectivity index (χ3v) is 3.27. The Labute approximate surface area is 123 Å². The first-order chi connectivity index (χ1) is 9.75. The minimum atomic E-state index is -0.216. The lowest BCUT2D eigenvalue weighted by molar-refractivity contribution is 0.0166. The molecule has 1 saturated heterocycles. The maximum Gasteiger partial charge on any atom is 0.269 e. The largest absolute Gasteiger partial charge is 0.379 e. The normalized spacial score (nSPS) is 18.1. The molecule has 1 aromatic rings. The van der Waals surface area contributed by atoms with Crippen LogP contribution in [0, 0.1) is 0 Å². The Bertz CT molecular complexity index is 436. The van der Waals surface area contributed by atoms with Crippen LogP contribution in [0.5, 0.6) is 0 Å². The summed E-state index contributed by atoms with van der Waals surface area (Å²) in [4.78, 5) is 15.7. The van der Waals surface area contributed by atoms with Crippen molar-refractivity contribution >= 4 is 17.5 Å². The SMILES string of the molecule is O=C(NCCCOCC1CCCO1)c1cc(Cl)ccn1. The highest BCUT2D eigenvalue weighted by atomic mass is 35.5. The predicted octanol–water partition coefficient (Wildman–Crippen LogP) is 2.05. The number of carbonyl (C=O) groups excluding carboxylic acids is 1. The summed E-state index contributed by atoms with van der Waals surface area (Å²) in [5.41, 5.74) is 0.331. The number of nitrogens with zero attached hydrogens (tertiary/aromatic N) is 1. The van der Waals surface area contributed by atoms with Crippen LogP contribution < -0.4 is 5.32 Å². The molecule has 2 heterocycles. The molecule has 2 rings (SSSR count). The molecule has 1 unspecified atom stereocenters. The molecule has 6 heteroatoms. The van der Waals surface area contributed by atoms with Gasteiger partial charge in [-0.15, -0.1) is 0 Å². The summed E-state index contributed by atoms with van der Waals surface area (Å²) in [6, 6.07) is 3.18. The summed E-state index contributed by atoms with van der Waals surface area (Å²) in [7, 11) is 0. The highest BCUT2D eigenvalue weighted by Crippen LogP contribution is 2.11. The van der Waals surface area contributed by atoms with E-state index in [0.29, 0.717) is 30.5 Å². The van der Waals surface area contributed by atoms with E-state index in [-0.39, 0.29) is 12.0 Å². The smallest absolute Gasteiger partial charge is 0.269 e. The summed E-state index contributed by atoms with van der Waals surface area (Å²) >= 11 is 5.80. The second-order valence-corrected chi connectivity index (χ2v) is 5.12. The van der Waals surface area contributed by atoms with E-state index < -0.39 is 0 Å². The number of ether oxygens (including phenoxy) is 2. The van der Waals surface area contributed by atoms with Crippen molar-refractivity contribution in [3.8, 4) is 0 Å². The number of carbonyl (C=O) groups is 1. The Balaban J connectivity index is 1.55. The molecule has 1 N–H and O–H groups in total. The zero-order valence-electron chi connectivity index (χ0n) is 11.3. The molecule has 1 aromatic heterocycles. The van der Waals surface area contributed by atoms with Gasteiger partial charge in [-0.05, 0) is 31.4 Å². The van der Waals surface area contributed by atoms with Gasteiger partial charge in [-0.2, -0.15) is 0 Å². The lowest BCUT2D eigenvalue weighted by Crippen LogP contribution is -2.26. The Morgan fingerprint density at radius 1 is 1.60 bits per heavy atom. The van der Waals surface area contributed by atoms with Crippen LogP contribution in [-0.4, -0.2) is 43.4 Å². The van der Waals surface area contributed by atoms with Gasteiger partial charge in [-0.1, -0.05) is 11.6 Å². The molecule has 110 valence electrons. The highest BCUT2D eigenvalue weighted by Gasteiger charge is 2.15. The summed E-state index contributed by atoms with van der Waals surface area (Å²) in [5.74, 6) is -0.216. The molecular formula is C14H19ClN2O3. The number of hydrogen-bond acceptors (Lipinski definition) is 4. The van der Waals surface area contributed by atoms with Crippen molar-refractivity contribution < 1.29 is 14.3 Å². The minimum Gasteiger partial charge on any atom is -0.379 e. The van der Waals surface area contributed by atoms with Crippen molar-refractivity contribution in [3.05, 3.63) is 29.0 Å². The molecule has 0 bridgehead atoms. The van der Waals surface area contributed by atoms with Crippen LogP contribution in [-0.2, 0) is 9.47 Å². The van der Waals surface area contributed by atoms with Gasteiger partial charge >= 0.3 is 0 Å². The Morgan fingerprint density at radius 2 is 2.50 bits per heavy atom. The number of nitrogens with one attached hydrogen (secondary N) is 1. The van der Waals surface area contributed by atoms with Gasteiger partial charge < -0.3 is 14.8 Å². The zero-order chi connectivity index (χ0) is 14.2. The molecule has 1 amide bonds. The first kappa shape index (κ1) is 15.2. The number of hydrogen-bond donors (Lipinski definition) is 1. The Morgan fingerprint density at radius 3 is 3.25 bits per heavy atom. The van der Waals surface area contributed by atoms with Crippen LogP contribution in [0.15, 0.2) is 18.3 Å². The van der Waals surface area contributed by atoms with Crippen LogP contribution in [0.1, 0.15) is 29.8 Å². The summed E-state index contributed by atoms with van der Waals surface area (Å²) < 4.78 is 11.0. The molecule has 1 aliphatic heterocycles. The number of pyridine rings is 1. The third kappa shape index (κ3) is 5.07. The average Bonchev–Trinajstić information content (AvgIpc) is 2.95. The van der Waals surface area contributed by atoms with Gasteiger partial charge in [0.25, 0.3) is 5.91 Å². The van der Waals surface area contributed by atoms with Crippen LogP contribution in [0.2, 0.25) is 5.02 Å². The molecule has 5 nitrogen and oxygen atoms in total. The molecule has 1 aliphatic rings. The van der Waals surface area contributed by atoms with E-state index in [4.69, 9.17) is 21.1 Å². The van der Waals surface area contributed by atoms with Crippen molar-refractivity contribution in [2.75, 3.05) is 26.4 Å². The molecule has 1 fully saturated rings. The second-order valence-electron chi connectivity index (χ2n) is 4.68. The monoisotopic (exact) mass is 298 g/mol. The molecule has 0 spiro atoms.